The monoisotopic (exact) mass is 297 g/mol. The van der Waals surface area contributed by atoms with Gasteiger partial charge in [0.1, 0.15) is 6.54 Å². The van der Waals surface area contributed by atoms with E-state index < -0.39 is 5.97 Å². The molecule has 0 aliphatic rings. The van der Waals surface area contributed by atoms with E-state index >= 15 is 0 Å². The maximum Gasteiger partial charge on any atom is 0.322 e. The van der Waals surface area contributed by atoms with E-state index in [0.717, 1.165) is 11.1 Å². The molecule has 2 aromatic carbocycles. The maximum atomic E-state index is 11.7. The molecule has 0 saturated heterocycles. The van der Waals surface area contributed by atoms with Crippen molar-refractivity contribution in [3.63, 3.8) is 0 Å². The number of benzene rings is 2. The zero-order valence-corrected chi connectivity index (χ0v) is 12.7. The number of carbonyl (C=O) groups excluding carboxylic acids is 1. The lowest BCUT2D eigenvalue weighted by Gasteiger charge is -2.08. The van der Waals surface area contributed by atoms with Gasteiger partial charge < -0.3 is 10.4 Å². The summed E-state index contributed by atoms with van der Waals surface area (Å²) in [5.41, 5.74) is 3.84. The van der Waals surface area contributed by atoms with Gasteiger partial charge in [-0.1, -0.05) is 50.2 Å². The first-order valence-electron chi connectivity index (χ1n) is 7.18. The summed E-state index contributed by atoms with van der Waals surface area (Å²) in [4.78, 5) is 22.2. The number of aliphatic carboxylic acids is 1. The van der Waals surface area contributed by atoms with E-state index in [2.05, 4.69) is 43.4 Å². The molecule has 0 aliphatic heterocycles. The normalized spacial score (nSPS) is 10.5. The van der Waals surface area contributed by atoms with Crippen molar-refractivity contribution in [2.45, 2.75) is 19.8 Å². The highest BCUT2D eigenvalue weighted by atomic mass is 16.4. The van der Waals surface area contributed by atoms with Gasteiger partial charge in [0.15, 0.2) is 0 Å². The minimum atomic E-state index is -1.06. The minimum absolute atomic E-state index is 0.378. The third-order valence-electron chi connectivity index (χ3n) is 3.46. The number of carboxylic acid groups (broad SMARTS) is 1. The van der Waals surface area contributed by atoms with Crippen molar-refractivity contribution in [1.29, 1.82) is 0 Å². The van der Waals surface area contributed by atoms with Gasteiger partial charge in [0.2, 0.25) is 0 Å². The van der Waals surface area contributed by atoms with Gasteiger partial charge in [-0.25, -0.2) is 0 Å². The summed E-state index contributed by atoms with van der Waals surface area (Å²) in [7, 11) is 0. The third-order valence-corrected chi connectivity index (χ3v) is 3.46. The first-order valence-corrected chi connectivity index (χ1v) is 7.18. The minimum Gasteiger partial charge on any atom is -0.480 e. The lowest BCUT2D eigenvalue weighted by Crippen LogP contribution is -2.29. The highest BCUT2D eigenvalue weighted by molar-refractivity contribution is 5.96. The summed E-state index contributed by atoms with van der Waals surface area (Å²) < 4.78 is 0. The largest absolute Gasteiger partial charge is 0.480 e. The number of rotatable bonds is 5. The molecule has 1 amide bonds. The lowest BCUT2D eigenvalue weighted by atomic mass is 9.98. The van der Waals surface area contributed by atoms with Crippen LogP contribution in [0.15, 0.2) is 48.5 Å². The van der Waals surface area contributed by atoms with E-state index in [4.69, 9.17) is 5.11 Å². The summed E-state index contributed by atoms with van der Waals surface area (Å²) >= 11 is 0. The Bertz CT molecular complexity index is 658. The lowest BCUT2D eigenvalue weighted by molar-refractivity contribution is -0.135. The van der Waals surface area contributed by atoms with Crippen molar-refractivity contribution in [2.75, 3.05) is 6.54 Å². The molecule has 0 heterocycles. The Balaban J connectivity index is 2.11. The quantitative estimate of drug-likeness (QED) is 0.890. The zero-order chi connectivity index (χ0) is 16.1. The number of carbonyl (C=O) groups is 2. The van der Waals surface area contributed by atoms with Crippen LogP contribution in [-0.2, 0) is 4.79 Å². The Hall–Kier alpha value is -2.62. The van der Waals surface area contributed by atoms with Gasteiger partial charge >= 0.3 is 5.97 Å². The molecule has 0 atom stereocenters. The van der Waals surface area contributed by atoms with Crippen LogP contribution in [0.1, 0.15) is 35.7 Å². The number of hydrogen-bond acceptors (Lipinski definition) is 2. The van der Waals surface area contributed by atoms with Crippen LogP contribution in [0.3, 0.4) is 0 Å². The molecule has 4 nitrogen and oxygen atoms in total. The van der Waals surface area contributed by atoms with E-state index in [-0.39, 0.29) is 12.5 Å². The van der Waals surface area contributed by atoms with Crippen LogP contribution >= 0.6 is 0 Å². The predicted octanol–water partition coefficient (Wildman–Crippen LogP) is 3.29. The molecule has 0 bridgehead atoms. The molecule has 0 radical (unpaired) electrons. The molecule has 0 unspecified atom stereocenters. The zero-order valence-electron chi connectivity index (χ0n) is 12.7. The predicted molar refractivity (Wildman–Crippen MR) is 85.9 cm³/mol. The maximum absolute atomic E-state index is 11.7. The Morgan fingerprint density at radius 2 is 1.45 bits per heavy atom. The van der Waals surface area contributed by atoms with Crippen molar-refractivity contribution in [3.8, 4) is 11.1 Å². The second kappa shape index (κ2) is 6.89. The molecule has 2 rings (SSSR count). The summed E-state index contributed by atoms with van der Waals surface area (Å²) in [6.07, 6.45) is 0. The van der Waals surface area contributed by atoms with Crippen LogP contribution in [0.5, 0.6) is 0 Å². The van der Waals surface area contributed by atoms with Crippen molar-refractivity contribution in [3.05, 3.63) is 59.7 Å². The number of carboxylic acids is 1. The number of hydrogen-bond donors (Lipinski definition) is 2. The third kappa shape index (κ3) is 3.95. The van der Waals surface area contributed by atoms with Crippen LogP contribution < -0.4 is 5.32 Å². The summed E-state index contributed by atoms with van der Waals surface area (Å²) in [6, 6.07) is 15.5. The molecule has 4 heteroatoms. The molecular formula is C18H19NO3. The second-order valence-corrected chi connectivity index (χ2v) is 5.43. The number of amides is 1. The molecule has 2 aromatic rings. The van der Waals surface area contributed by atoms with Gasteiger partial charge in [-0.15, -0.1) is 0 Å². The van der Waals surface area contributed by atoms with Crippen molar-refractivity contribution >= 4 is 11.9 Å². The fourth-order valence-corrected chi connectivity index (χ4v) is 2.13. The van der Waals surface area contributed by atoms with Crippen molar-refractivity contribution < 1.29 is 14.7 Å². The average Bonchev–Trinajstić information content (AvgIpc) is 2.53. The number of nitrogens with one attached hydrogen (secondary N) is 1. The first-order chi connectivity index (χ1) is 10.5. The standard InChI is InChI=1S/C18H19NO3/c1-12(2)13-3-5-14(6-4-13)15-7-9-16(10-8-15)18(22)19-11-17(20)21/h3-10,12H,11H2,1-2H3,(H,19,22)(H,20,21). The van der Waals surface area contributed by atoms with Crippen LogP contribution in [0, 0.1) is 0 Å². The SMILES string of the molecule is CC(C)c1ccc(-c2ccc(C(=O)NCC(=O)O)cc2)cc1. The Kier molecular flexibility index (Phi) is 4.94. The van der Waals surface area contributed by atoms with Gasteiger partial charge in [-0.2, -0.15) is 0 Å². The van der Waals surface area contributed by atoms with Crippen LogP contribution in [-0.4, -0.2) is 23.5 Å². The highest BCUT2D eigenvalue weighted by Gasteiger charge is 2.07. The molecule has 0 saturated carbocycles. The summed E-state index contributed by atoms with van der Waals surface area (Å²) in [5, 5.41) is 10.9. The molecule has 2 N–H and O–H groups in total. The van der Waals surface area contributed by atoms with Crippen LogP contribution in [0.2, 0.25) is 0 Å². The smallest absolute Gasteiger partial charge is 0.322 e. The topological polar surface area (TPSA) is 66.4 Å². The average molecular weight is 297 g/mol. The molecule has 114 valence electrons. The highest BCUT2D eigenvalue weighted by Crippen LogP contribution is 2.23. The fourth-order valence-electron chi connectivity index (χ4n) is 2.13. The fraction of sp³-hybridized carbons (Fsp3) is 0.222. The van der Waals surface area contributed by atoms with E-state index in [0.29, 0.717) is 11.5 Å². The van der Waals surface area contributed by atoms with Gasteiger partial charge in [-0.3, -0.25) is 9.59 Å². The van der Waals surface area contributed by atoms with Gasteiger partial charge in [0.05, 0.1) is 0 Å². The van der Waals surface area contributed by atoms with Crippen molar-refractivity contribution in [1.82, 2.24) is 5.32 Å². The van der Waals surface area contributed by atoms with E-state index in [1.165, 1.54) is 5.56 Å². The van der Waals surface area contributed by atoms with Crippen LogP contribution in [0.4, 0.5) is 0 Å². The van der Waals surface area contributed by atoms with E-state index in [1.54, 1.807) is 12.1 Å². The molecule has 0 spiro atoms. The molecular weight excluding hydrogens is 278 g/mol. The van der Waals surface area contributed by atoms with Gasteiger partial charge in [0.25, 0.3) is 5.91 Å². The van der Waals surface area contributed by atoms with Gasteiger partial charge in [-0.05, 0) is 34.7 Å². The Morgan fingerprint density at radius 3 is 1.91 bits per heavy atom. The first kappa shape index (κ1) is 15.8. The van der Waals surface area contributed by atoms with E-state index in [1.807, 2.05) is 12.1 Å². The van der Waals surface area contributed by atoms with Crippen molar-refractivity contribution in [2.24, 2.45) is 0 Å². The Labute approximate surface area is 129 Å². The molecule has 0 fully saturated rings. The van der Waals surface area contributed by atoms with Gasteiger partial charge in [0, 0.05) is 5.56 Å². The Morgan fingerprint density at radius 1 is 0.955 bits per heavy atom. The van der Waals surface area contributed by atoms with Crippen LogP contribution in [0.25, 0.3) is 11.1 Å². The second-order valence-electron chi connectivity index (χ2n) is 5.43. The molecule has 0 aliphatic carbocycles. The molecule has 0 aromatic heterocycles. The summed E-state index contributed by atoms with van der Waals surface area (Å²) in [6.45, 7) is 3.93. The summed E-state index contributed by atoms with van der Waals surface area (Å²) in [5.74, 6) is -0.950. The molecule has 22 heavy (non-hydrogen) atoms. The van der Waals surface area contributed by atoms with E-state index in [9.17, 15) is 9.59 Å².